The van der Waals surface area contributed by atoms with E-state index in [0.717, 1.165) is 0 Å². The predicted octanol–water partition coefficient (Wildman–Crippen LogP) is 2.74. The number of hydrogen-bond donors (Lipinski definition) is 1. The van der Waals surface area contributed by atoms with Crippen molar-refractivity contribution in [3.8, 4) is 11.5 Å². The number of rotatable bonds is 2. The van der Waals surface area contributed by atoms with E-state index in [2.05, 4.69) is 14.9 Å². The molecule has 0 spiro atoms. The first-order valence-corrected chi connectivity index (χ1v) is 5.19. The Kier molecular flexibility index (Phi) is 2.33. The summed E-state index contributed by atoms with van der Waals surface area (Å²) in [5.74, 6) is -0.0175. The van der Waals surface area contributed by atoms with Crippen LogP contribution in [0.4, 0.5) is 10.1 Å². The van der Waals surface area contributed by atoms with Crippen molar-refractivity contribution in [2.45, 2.75) is 0 Å². The summed E-state index contributed by atoms with van der Waals surface area (Å²) in [6.07, 6.45) is 0. The van der Waals surface area contributed by atoms with Crippen molar-refractivity contribution in [3.05, 3.63) is 42.2 Å². The Balaban J connectivity index is 2.08. The quantitative estimate of drug-likeness (QED) is 0.702. The number of anilines is 1. The maximum absolute atomic E-state index is 13.5. The number of benzene rings is 2. The van der Waals surface area contributed by atoms with Gasteiger partial charge in [-0.2, -0.15) is 0 Å². The van der Waals surface area contributed by atoms with Crippen LogP contribution in [0.15, 0.2) is 41.0 Å². The van der Waals surface area contributed by atoms with Crippen LogP contribution in [0.2, 0.25) is 0 Å². The third kappa shape index (κ3) is 1.64. The third-order valence-corrected chi connectivity index (χ3v) is 2.47. The normalized spacial score (nSPS) is 10.7. The number of halogens is 1. The van der Waals surface area contributed by atoms with Crippen LogP contribution in [0.3, 0.4) is 0 Å². The maximum atomic E-state index is 13.5. The van der Waals surface area contributed by atoms with Crippen LogP contribution in [0.1, 0.15) is 0 Å². The molecule has 3 aromatic rings. The Morgan fingerprint density at radius 3 is 2.61 bits per heavy atom. The molecule has 0 aliphatic heterocycles. The molecule has 2 N–H and O–H groups in total. The van der Waals surface area contributed by atoms with Gasteiger partial charge in [0.1, 0.15) is 0 Å². The van der Waals surface area contributed by atoms with Crippen LogP contribution < -0.4 is 10.5 Å². The second-order valence-corrected chi connectivity index (χ2v) is 3.65. The van der Waals surface area contributed by atoms with Crippen LogP contribution in [-0.2, 0) is 0 Å². The van der Waals surface area contributed by atoms with Crippen molar-refractivity contribution in [2.75, 3.05) is 5.73 Å². The first-order chi connectivity index (χ1) is 8.75. The predicted molar refractivity (Wildman–Crippen MR) is 62.7 cm³/mol. The molecule has 6 heteroatoms. The molecule has 0 fully saturated rings. The zero-order valence-corrected chi connectivity index (χ0v) is 9.13. The van der Waals surface area contributed by atoms with Crippen LogP contribution in [0.5, 0.6) is 11.5 Å². The molecule has 1 heterocycles. The molecule has 0 unspecified atom stereocenters. The van der Waals surface area contributed by atoms with Gasteiger partial charge in [-0.25, -0.2) is 9.02 Å². The molecule has 3 rings (SSSR count). The van der Waals surface area contributed by atoms with Gasteiger partial charge in [-0.15, -0.1) is 0 Å². The van der Waals surface area contributed by atoms with Gasteiger partial charge in [0.2, 0.25) is 0 Å². The van der Waals surface area contributed by atoms with Gasteiger partial charge >= 0.3 is 0 Å². The second-order valence-electron chi connectivity index (χ2n) is 3.65. The zero-order valence-electron chi connectivity index (χ0n) is 9.13. The van der Waals surface area contributed by atoms with Gasteiger partial charge in [-0.3, -0.25) is 0 Å². The molecular formula is C12H8FN3O2. The highest BCUT2D eigenvalue weighted by Crippen LogP contribution is 2.31. The van der Waals surface area contributed by atoms with E-state index in [1.807, 2.05) is 0 Å². The van der Waals surface area contributed by atoms with E-state index in [1.165, 1.54) is 12.1 Å². The van der Waals surface area contributed by atoms with E-state index < -0.39 is 5.82 Å². The largest absolute Gasteiger partial charge is 0.452 e. The number of ether oxygens (including phenoxy) is 1. The Bertz CT molecular complexity index is 711. The summed E-state index contributed by atoms with van der Waals surface area (Å²) in [4.78, 5) is 0. The van der Waals surface area contributed by atoms with E-state index in [9.17, 15) is 4.39 Å². The molecule has 0 aliphatic carbocycles. The van der Waals surface area contributed by atoms with Gasteiger partial charge in [-0.1, -0.05) is 12.1 Å². The second kappa shape index (κ2) is 3.99. The van der Waals surface area contributed by atoms with E-state index in [-0.39, 0.29) is 5.75 Å². The number of nitrogens with two attached hydrogens (primary N) is 1. The Morgan fingerprint density at radius 2 is 1.78 bits per heavy atom. The summed E-state index contributed by atoms with van der Waals surface area (Å²) in [7, 11) is 0. The number of aromatic nitrogens is 2. The molecule has 0 amide bonds. The van der Waals surface area contributed by atoms with E-state index in [1.54, 1.807) is 24.3 Å². The fourth-order valence-corrected chi connectivity index (χ4v) is 1.59. The van der Waals surface area contributed by atoms with Crippen molar-refractivity contribution >= 4 is 16.7 Å². The summed E-state index contributed by atoms with van der Waals surface area (Å²) in [6, 6.07) is 9.28. The minimum atomic E-state index is -0.459. The average Bonchev–Trinajstić information content (AvgIpc) is 2.85. The fourth-order valence-electron chi connectivity index (χ4n) is 1.59. The van der Waals surface area contributed by atoms with Gasteiger partial charge in [0.05, 0.1) is 5.69 Å². The molecule has 1 aromatic heterocycles. The number of fused-ring (bicyclic) bond motifs is 1. The fraction of sp³-hybridized carbons (Fsp3) is 0. The molecule has 90 valence electrons. The van der Waals surface area contributed by atoms with Crippen molar-refractivity contribution in [1.82, 2.24) is 10.3 Å². The lowest BCUT2D eigenvalue weighted by Gasteiger charge is -2.06. The Morgan fingerprint density at radius 1 is 1.00 bits per heavy atom. The molecule has 18 heavy (non-hydrogen) atoms. The van der Waals surface area contributed by atoms with E-state index in [4.69, 9.17) is 10.5 Å². The SMILES string of the molecule is Nc1ccc(Oc2ccccc2F)c2nonc12. The first-order valence-electron chi connectivity index (χ1n) is 5.19. The van der Waals surface area contributed by atoms with Crippen molar-refractivity contribution in [3.63, 3.8) is 0 Å². The molecule has 0 atom stereocenters. The topological polar surface area (TPSA) is 74.2 Å². The summed E-state index contributed by atoms with van der Waals surface area (Å²) in [5.41, 5.74) is 6.88. The summed E-state index contributed by atoms with van der Waals surface area (Å²) in [5, 5.41) is 7.35. The van der Waals surface area contributed by atoms with Crippen molar-refractivity contribution < 1.29 is 13.8 Å². The Labute approximate surface area is 101 Å². The molecule has 2 aromatic carbocycles. The van der Waals surface area contributed by atoms with Gasteiger partial charge < -0.3 is 10.5 Å². The van der Waals surface area contributed by atoms with Crippen LogP contribution >= 0.6 is 0 Å². The molecule has 0 saturated heterocycles. The van der Waals surface area contributed by atoms with Crippen LogP contribution in [-0.4, -0.2) is 10.3 Å². The number of nitrogen functional groups attached to an aromatic ring is 1. The standard InChI is InChI=1S/C12H8FN3O2/c13-7-3-1-2-4-9(7)17-10-6-5-8(14)11-12(10)16-18-15-11/h1-6H,14H2. The number of nitrogens with zero attached hydrogens (tertiary/aromatic N) is 2. The van der Waals surface area contributed by atoms with Gasteiger partial charge in [0, 0.05) is 0 Å². The van der Waals surface area contributed by atoms with Crippen LogP contribution in [0.25, 0.3) is 11.0 Å². The monoisotopic (exact) mass is 245 g/mol. The summed E-state index contributed by atoms with van der Waals surface area (Å²) < 4.78 is 23.5. The molecule has 0 radical (unpaired) electrons. The minimum absolute atomic E-state index is 0.103. The lowest BCUT2D eigenvalue weighted by Crippen LogP contribution is -1.91. The highest BCUT2D eigenvalue weighted by Gasteiger charge is 2.13. The molecular weight excluding hydrogens is 237 g/mol. The number of hydrogen-bond acceptors (Lipinski definition) is 5. The first kappa shape index (κ1) is 10.5. The molecule has 0 bridgehead atoms. The number of para-hydroxylation sites is 1. The third-order valence-electron chi connectivity index (χ3n) is 2.47. The highest BCUT2D eigenvalue weighted by molar-refractivity contribution is 5.90. The average molecular weight is 245 g/mol. The highest BCUT2D eigenvalue weighted by atomic mass is 19.1. The molecule has 0 saturated carbocycles. The van der Waals surface area contributed by atoms with Gasteiger partial charge in [0.15, 0.2) is 28.3 Å². The molecule has 5 nitrogen and oxygen atoms in total. The van der Waals surface area contributed by atoms with Crippen molar-refractivity contribution in [1.29, 1.82) is 0 Å². The summed E-state index contributed by atoms with van der Waals surface area (Å²) >= 11 is 0. The maximum Gasteiger partial charge on any atom is 0.179 e. The van der Waals surface area contributed by atoms with Crippen LogP contribution in [0, 0.1) is 5.82 Å². The zero-order chi connectivity index (χ0) is 12.5. The van der Waals surface area contributed by atoms with Crippen molar-refractivity contribution in [2.24, 2.45) is 0 Å². The summed E-state index contributed by atoms with van der Waals surface area (Å²) in [6.45, 7) is 0. The van der Waals surface area contributed by atoms with E-state index >= 15 is 0 Å². The molecule has 0 aliphatic rings. The van der Waals surface area contributed by atoms with Gasteiger partial charge in [0.25, 0.3) is 0 Å². The Hall–Kier alpha value is -2.63. The lowest BCUT2D eigenvalue weighted by atomic mass is 10.2. The van der Waals surface area contributed by atoms with E-state index in [0.29, 0.717) is 22.5 Å². The van der Waals surface area contributed by atoms with Gasteiger partial charge in [-0.05, 0) is 34.6 Å². The lowest BCUT2D eigenvalue weighted by molar-refractivity contribution is 0.314. The minimum Gasteiger partial charge on any atom is -0.452 e. The smallest absolute Gasteiger partial charge is 0.179 e.